The van der Waals surface area contributed by atoms with Crippen LogP contribution in [0.1, 0.15) is 50.0 Å². The number of carbonyl (C=O) groups is 1. The summed E-state index contributed by atoms with van der Waals surface area (Å²) < 4.78 is 45.1. The second-order valence-electron chi connectivity index (χ2n) is 5.80. The highest BCUT2D eigenvalue weighted by Crippen LogP contribution is 2.33. The number of alkyl halides is 3. The van der Waals surface area contributed by atoms with Crippen molar-refractivity contribution in [2.45, 2.75) is 50.6 Å². The largest absolute Gasteiger partial charge is 0.426 e. The Labute approximate surface area is 133 Å². The number of benzene rings is 1. The summed E-state index contributed by atoms with van der Waals surface area (Å²) in [7, 11) is 0. The molecule has 0 aromatic heterocycles. The first-order valence-electron chi connectivity index (χ1n) is 7.89. The average Bonchev–Trinajstić information content (AvgIpc) is 2.52. The third-order valence-corrected chi connectivity index (χ3v) is 3.90. The fourth-order valence-corrected chi connectivity index (χ4v) is 2.77. The highest BCUT2D eigenvalue weighted by molar-refractivity contribution is 5.72. The van der Waals surface area contributed by atoms with E-state index in [2.05, 4.69) is 4.74 Å². The third-order valence-electron chi connectivity index (χ3n) is 3.90. The molecule has 1 saturated carbocycles. The van der Waals surface area contributed by atoms with Crippen molar-refractivity contribution in [1.82, 2.24) is 0 Å². The van der Waals surface area contributed by atoms with E-state index in [0.29, 0.717) is 11.7 Å². The van der Waals surface area contributed by atoms with Gasteiger partial charge in [-0.3, -0.25) is 4.79 Å². The first kappa shape index (κ1) is 17.8. The van der Waals surface area contributed by atoms with E-state index in [1.165, 1.54) is 37.7 Å². The molecule has 0 bridgehead atoms. The van der Waals surface area contributed by atoms with E-state index in [9.17, 15) is 18.0 Å². The minimum absolute atomic E-state index is 0.208. The van der Waals surface area contributed by atoms with Crippen molar-refractivity contribution in [1.29, 1.82) is 0 Å². The molecule has 0 amide bonds. The van der Waals surface area contributed by atoms with Crippen LogP contribution in [0, 0.1) is 0 Å². The number of hydrogen-bond acceptors (Lipinski definition) is 3. The number of ether oxygens (including phenoxy) is 2. The molecule has 1 aromatic carbocycles. The van der Waals surface area contributed by atoms with Crippen LogP contribution in [0.4, 0.5) is 13.2 Å². The maximum atomic E-state index is 11.9. The topological polar surface area (TPSA) is 35.5 Å². The summed E-state index contributed by atoms with van der Waals surface area (Å²) in [5.74, 6) is 0.382. The van der Waals surface area contributed by atoms with Crippen molar-refractivity contribution in [3.8, 4) is 5.75 Å². The fraction of sp³-hybridized carbons (Fsp3) is 0.588. The summed E-state index contributed by atoms with van der Waals surface area (Å²) in [6.07, 6.45) is 1.59. The van der Waals surface area contributed by atoms with Crippen molar-refractivity contribution in [3.63, 3.8) is 0 Å². The van der Waals surface area contributed by atoms with Crippen LogP contribution in [0.3, 0.4) is 0 Å². The third kappa shape index (κ3) is 6.60. The molecule has 0 saturated heterocycles. The lowest BCUT2D eigenvalue weighted by Crippen LogP contribution is -2.19. The van der Waals surface area contributed by atoms with E-state index in [1.54, 1.807) is 12.1 Å². The predicted molar refractivity (Wildman–Crippen MR) is 79.4 cm³/mol. The van der Waals surface area contributed by atoms with E-state index < -0.39 is 18.8 Å². The minimum atomic E-state index is -4.38. The number of esters is 1. The maximum Gasteiger partial charge on any atom is 0.411 e. The molecule has 0 unspecified atom stereocenters. The summed E-state index contributed by atoms with van der Waals surface area (Å²) in [4.78, 5) is 11.5. The molecule has 0 spiro atoms. The van der Waals surface area contributed by atoms with Crippen LogP contribution < -0.4 is 4.74 Å². The summed E-state index contributed by atoms with van der Waals surface area (Å²) in [5.41, 5.74) is 1.25. The maximum absolute atomic E-state index is 11.9. The van der Waals surface area contributed by atoms with Gasteiger partial charge in [-0.05, 0) is 36.5 Å². The normalized spacial score (nSPS) is 16.3. The number of halogens is 3. The molecule has 2 rings (SSSR count). The molecule has 3 nitrogen and oxygen atoms in total. The van der Waals surface area contributed by atoms with Gasteiger partial charge in [-0.1, -0.05) is 31.4 Å². The molecule has 1 aliphatic rings. The van der Waals surface area contributed by atoms with E-state index >= 15 is 0 Å². The fourth-order valence-electron chi connectivity index (χ4n) is 2.77. The van der Waals surface area contributed by atoms with E-state index in [4.69, 9.17) is 4.74 Å². The van der Waals surface area contributed by atoms with Gasteiger partial charge in [0.1, 0.15) is 12.4 Å². The van der Waals surface area contributed by atoms with Gasteiger partial charge >= 0.3 is 12.1 Å². The molecule has 23 heavy (non-hydrogen) atoms. The van der Waals surface area contributed by atoms with E-state index in [0.717, 1.165) is 0 Å². The number of rotatable bonds is 6. The Morgan fingerprint density at radius 3 is 2.35 bits per heavy atom. The predicted octanol–water partition coefficient (Wildman–Crippen LogP) is 4.61. The van der Waals surface area contributed by atoms with Gasteiger partial charge in [0.15, 0.2) is 0 Å². The Hall–Kier alpha value is -1.56. The quantitative estimate of drug-likeness (QED) is 0.434. The zero-order valence-corrected chi connectivity index (χ0v) is 12.9. The lowest BCUT2D eigenvalue weighted by molar-refractivity contribution is -0.175. The summed E-state index contributed by atoms with van der Waals surface area (Å²) in [5, 5.41) is 0. The Kier molecular flexibility index (Phi) is 6.45. The van der Waals surface area contributed by atoms with Crippen LogP contribution >= 0.6 is 0 Å². The van der Waals surface area contributed by atoms with Crippen molar-refractivity contribution in [2.24, 2.45) is 0 Å². The highest BCUT2D eigenvalue weighted by Gasteiger charge is 2.27. The molecule has 0 atom stereocenters. The monoisotopic (exact) mass is 330 g/mol. The molecule has 128 valence electrons. The Morgan fingerprint density at radius 2 is 1.74 bits per heavy atom. The van der Waals surface area contributed by atoms with Gasteiger partial charge < -0.3 is 9.47 Å². The summed E-state index contributed by atoms with van der Waals surface area (Å²) in [6.45, 7) is -1.66. The van der Waals surface area contributed by atoms with Crippen molar-refractivity contribution < 1.29 is 27.4 Å². The molecule has 6 heteroatoms. The van der Waals surface area contributed by atoms with Gasteiger partial charge in [0.05, 0.1) is 13.0 Å². The van der Waals surface area contributed by atoms with Gasteiger partial charge in [0.2, 0.25) is 0 Å². The second kappa shape index (κ2) is 8.34. The van der Waals surface area contributed by atoms with Crippen molar-refractivity contribution in [3.05, 3.63) is 29.8 Å². The SMILES string of the molecule is O=C(CCOCC(F)(F)F)Oc1ccc(C2CCCCC2)cc1. The second-order valence-corrected chi connectivity index (χ2v) is 5.80. The smallest absolute Gasteiger partial charge is 0.411 e. The Bertz CT molecular complexity index is 491. The first-order chi connectivity index (χ1) is 10.9. The van der Waals surface area contributed by atoms with Crippen LogP contribution in [0.25, 0.3) is 0 Å². The average molecular weight is 330 g/mol. The minimum Gasteiger partial charge on any atom is -0.426 e. The zero-order valence-electron chi connectivity index (χ0n) is 12.9. The molecule has 0 radical (unpaired) electrons. The molecular weight excluding hydrogens is 309 g/mol. The summed E-state index contributed by atoms with van der Waals surface area (Å²) in [6, 6.07) is 7.38. The first-order valence-corrected chi connectivity index (χ1v) is 7.89. The molecule has 1 aromatic rings. The lowest BCUT2D eigenvalue weighted by atomic mass is 9.84. The van der Waals surface area contributed by atoms with Crippen LogP contribution in [-0.4, -0.2) is 25.4 Å². The zero-order chi connectivity index (χ0) is 16.7. The van der Waals surface area contributed by atoms with Gasteiger partial charge in [0.25, 0.3) is 0 Å². The number of hydrogen-bond donors (Lipinski definition) is 0. The lowest BCUT2D eigenvalue weighted by Gasteiger charge is -2.22. The molecular formula is C17H21F3O3. The van der Waals surface area contributed by atoms with Gasteiger partial charge in [0, 0.05) is 0 Å². The molecule has 0 heterocycles. The van der Waals surface area contributed by atoms with E-state index in [1.807, 2.05) is 12.1 Å². The van der Waals surface area contributed by atoms with Crippen molar-refractivity contribution in [2.75, 3.05) is 13.2 Å². The van der Waals surface area contributed by atoms with Crippen LogP contribution in [-0.2, 0) is 9.53 Å². The summed E-state index contributed by atoms with van der Waals surface area (Å²) >= 11 is 0. The van der Waals surface area contributed by atoms with Gasteiger partial charge in [-0.2, -0.15) is 13.2 Å². The van der Waals surface area contributed by atoms with Crippen LogP contribution in [0.5, 0.6) is 5.75 Å². The Morgan fingerprint density at radius 1 is 1.09 bits per heavy atom. The van der Waals surface area contributed by atoms with Gasteiger partial charge in [-0.25, -0.2) is 0 Å². The van der Waals surface area contributed by atoms with Gasteiger partial charge in [-0.15, -0.1) is 0 Å². The molecule has 0 aliphatic heterocycles. The van der Waals surface area contributed by atoms with E-state index in [-0.39, 0.29) is 13.0 Å². The highest BCUT2D eigenvalue weighted by atomic mass is 19.4. The standard InChI is InChI=1S/C17H21F3O3/c18-17(19,20)12-22-11-10-16(21)23-15-8-6-14(7-9-15)13-4-2-1-3-5-13/h6-9,13H,1-5,10-12H2. The molecule has 1 aliphatic carbocycles. The van der Waals surface area contributed by atoms with Crippen molar-refractivity contribution >= 4 is 5.97 Å². The van der Waals surface area contributed by atoms with Crippen LogP contribution in [0.2, 0.25) is 0 Å². The molecule has 1 fully saturated rings. The molecule has 0 N–H and O–H groups in total. The Balaban J connectivity index is 1.73. The number of carbonyl (C=O) groups excluding carboxylic acids is 1. The van der Waals surface area contributed by atoms with Crippen LogP contribution in [0.15, 0.2) is 24.3 Å².